The maximum absolute atomic E-state index is 9.96. The molecular formula is C13H20N2O2. The first kappa shape index (κ1) is 12.4. The van der Waals surface area contributed by atoms with E-state index in [1.54, 1.807) is 6.07 Å². The highest BCUT2D eigenvalue weighted by molar-refractivity contribution is 5.41. The van der Waals surface area contributed by atoms with Crippen molar-refractivity contribution in [2.45, 2.75) is 25.0 Å². The maximum Gasteiger partial charge on any atom is 0.0915 e. The van der Waals surface area contributed by atoms with Crippen molar-refractivity contribution in [1.82, 2.24) is 5.32 Å². The Morgan fingerprint density at radius 1 is 1.53 bits per heavy atom. The van der Waals surface area contributed by atoms with Gasteiger partial charge in [-0.25, -0.2) is 0 Å². The molecule has 0 spiro atoms. The summed E-state index contributed by atoms with van der Waals surface area (Å²) in [5.74, 6) is 0. The van der Waals surface area contributed by atoms with E-state index in [0.717, 1.165) is 31.6 Å². The maximum atomic E-state index is 9.96. The van der Waals surface area contributed by atoms with Crippen molar-refractivity contribution >= 4 is 5.69 Å². The second-order valence-electron chi connectivity index (χ2n) is 4.48. The summed E-state index contributed by atoms with van der Waals surface area (Å²) in [5.41, 5.74) is 7.21. The lowest BCUT2D eigenvalue weighted by molar-refractivity contribution is 0.103. The van der Waals surface area contributed by atoms with Crippen LogP contribution in [0.3, 0.4) is 0 Å². The number of hydrogen-bond acceptors (Lipinski definition) is 4. The SMILES string of the molecule is Nc1cccc(C(O)CNCC2CCCO2)c1. The fraction of sp³-hybridized carbons (Fsp3) is 0.538. The summed E-state index contributed by atoms with van der Waals surface area (Å²) in [4.78, 5) is 0. The lowest BCUT2D eigenvalue weighted by Crippen LogP contribution is -2.29. The molecule has 0 aliphatic carbocycles. The molecule has 4 heteroatoms. The Labute approximate surface area is 102 Å². The van der Waals surface area contributed by atoms with Gasteiger partial charge in [-0.2, -0.15) is 0 Å². The molecule has 0 bridgehead atoms. The molecule has 1 saturated heterocycles. The van der Waals surface area contributed by atoms with Gasteiger partial charge in [0.15, 0.2) is 0 Å². The second kappa shape index (κ2) is 6.00. The molecular weight excluding hydrogens is 216 g/mol. The Bertz CT molecular complexity index is 351. The Balaban J connectivity index is 1.74. The van der Waals surface area contributed by atoms with Gasteiger partial charge >= 0.3 is 0 Å². The Hall–Kier alpha value is -1.10. The van der Waals surface area contributed by atoms with Gasteiger partial charge in [0, 0.05) is 25.4 Å². The lowest BCUT2D eigenvalue weighted by atomic mass is 10.1. The van der Waals surface area contributed by atoms with E-state index >= 15 is 0 Å². The Morgan fingerprint density at radius 2 is 2.41 bits per heavy atom. The summed E-state index contributed by atoms with van der Waals surface area (Å²) in [6.07, 6.45) is 2.05. The molecule has 1 heterocycles. The fourth-order valence-corrected chi connectivity index (χ4v) is 2.07. The molecule has 2 atom stereocenters. The summed E-state index contributed by atoms with van der Waals surface area (Å²) in [6.45, 7) is 2.20. The number of ether oxygens (including phenoxy) is 1. The fourth-order valence-electron chi connectivity index (χ4n) is 2.07. The standard InChI is InChI=1S/C13H20N2O2/c14-11-4-1-3-10(7-11)13(16)9-15-8-12-5-2-6-17-12/h1,3-4,7,12-13,15-16H,2,5-6,8-9,14H2. The van der Waals surface area contributed by atoms with E-state index in [9.17, 15) is 5.11 Å². The zero-order chi connectivity index (χ0) is 12.1. The smallest absolute Gasteiger partial charge is 0.0915 e. The van der Waals surface area contributed by atoms with Crippen LogP contribution in [0.1, 0.15) is 24.5 Å². The van der Waals surface area contributed by atoms with Gasteiger partial charge in [-0.05, 0) is 30.5 Å². The van der Waals surface area contributed by atoms with Crippen LogP contribution in [0, 0.1) is 0 Å². The van der Waals surface area contributed by atoms with Crippen LogP contribution < -0.4 is 11.1 Å². The minimum absolute atomic E-state index is 0.308. The molecule has 1 aliphatic rings. The first-order valence-electron chi connectivity index (χ1n) is 6.11. The van der Waals surface area contributed by atoms with Crippen LogP contribution in [0.15, 0.2) is 24.3 Å². The molecule has 1 aromatic rings. The topological polar surface area (TPSA) is 67.5 Å². The molecule has 17 heavy (non-hydrogen) atoms. The monoisotopic (exact) mass is 236 g/mol. The first-order valence-corrected chi connectivity index (χ1v) is 6.11. The highest BCUT2D eigenvalue weighted by Crippen LogP contribution is 2.15. The van der Waals surface area contributed by atoms with Crippen LogP contribution in [0.5, 0.6) is 0 Å². The van der Waals surface area contributed by atoms with E-state index in [-0.39, 0.29) is 0 Å². The predicted octanol–water partition coefficient (Wildman–Crippen LogP) is 1.07. The van der Waals surface area contributed by atoms with Gasteiger partial charge in [0.2, 0.25) is 0 Å². The number of anilines is 1. The van der Waals surface area contributed by atoms with Gasteiger partial charge < -0.3 is 20.9 Å². The quantitative estimate of drug-likeness (QED) is 0.669. The number of nitrogens with two attached hydrogens (primary N) is 1. The van der Waals surface area contributed by atoms with Crippen LogP contribution in [0.4, 0.5) is 5.69 Å². The number of nitrogens with one attached hydrogen (secondary N) is 1. The number of aliphatic hydroxyl groups is 1. The van der Waals surface area contributed by atoms with Gasteiger partial charge in [0.1, 0.15) is 0 Å². The van der Waals surface area contributed by atoms with Crippen LogP contribution in [0.2, 0.25) is 0 Å². The zero-order valence-electron chi connectivity index (χ0n) is 9.93. The molecule has 1 fully saturated rings. The van der Waals surface area contributed by atoms with E-state index in [1.807, 2.05) is 18.2 Å². The summed E-state index contributed by atoms with van der Waals surface area (Å²) in [7, 11) is 0. The summed E-state index contributed by atoms with van der Waals surface area (Å²) < 4.78 is 5.50. The van der Waals surface area contributed by atoms with E-state index in [4.69, 9.17) is 10.5 Å². The minimum atomic E-state index is -0.514. The molecule has 4 nitrogen and oxygen atoms in total. The average Bonchev–Trinajstić information content (AvgIpc) is 2.82. The Kier molecular flexibility index (Phi) is 4.36. The highest BCUT2D eigenvalue weighted by Gasteiger charge is 2.15. The molecule has 2 rings (SSSR count). The Morgan fingerprint density at radius 3 is 3.12 bits per heavy atom. The molecule has 4 N–H and O–H groups in total. The van der Waals surface area contributed by atoms with Crippen molar-refractivity contribution in [3.8, 4) is 0 Å². The van der Waals surface area contributed by atoms with Crippen molar-refractivity contribution in [2.24, 2.45) is 0 Å². The first-order chi connectivity index (χ1) is 8.25. The summed E-state index contributed by atoms with van der Waals surface area (Å²) >= 11 is 0. The van der Waals surface area contributed by atoms with E-state index in [1.165, 1.54) is 0 Å². The largest absolute Gasteiger partial charge is 0.399 e. The molecule has 1 aliphatic heterocycles. The lowest BCUT2D eigenvalue weighted by Gasteiger charge is -2.15. The summed E-state index contributed by atoms with van der Waals surface area (Å²) in [6, 6.07) is 7.36. The van der Waals surface area contributed by atoms with Gasteiger partial charge in [-0.1, -0.05) is 12.1 Å². The molecule has 0 saturated carbocycles. The predicted molar refractivity (Wildman–Crippen MR) is 67.7 cm³/mol. The van der Waals surface area contributed by atoms with Crippen molar-refractivity contribution in [1.29, 1.82) is 0 Å². The number of benzene rings is 1. The molecule has 0 amide bonds. The number of aliphatic hydroxyl groups excluding tert-OH is 1. The molecule has 2 unspecified atom stereocenters. The zero-order valence-corrected chi connectivity index (χ0v) is 9.93. The second-order valence-corrected chi connectivity index (χ2v) is 4.48. The third-order valence-corrected chi connectivity index (χ3v) is 3.03. The highest BCUT2D eigenvalue weighted by atomic mass is 16.5. The number of rotatable bonds is 5. The van der Waals surface area contributed by atoms with Crippen molar-refractivity contribution in [3.05, 3.63) is 29.8 Å². The van der Waals surface area contributed by atoms with E-state index < -0.39 is 6.10 Å². The van der Waals surface area contributed by atoms with E-state index in [2.05, 4.69) is 5.32 Å². The third kappa shape index (κ3) is 3.70. The van der Waals surface area contributed by atoms with Crippen LogP contribution in [-0.4, -0.2) is 30.9 Å². The number of nitrogen functional groups attached to an aromatic ring is 1. The molecule has 0 aromatic heterocycles. The van der Waals surface area contributed by atoms with Gasteiger partial charge in [0.25, 0.3) is 0 Å². The molecule has 94 valence electrons. The van der Waals surface area contributed by atoms with Crippen LogP contribution >= 0.6 is 0 Å². The van der Waals surface area contributed by atoms with Crippen molar-refractivity contribution in [3.63, 3.8) is 0 Å². The van der Waals surface area contributed by atoms with Gasteiger partial charge in [-0.15, -0.1) is 0 Å². The number of hydrogen-bond donors (Lipinski definition) is 3. The minimum Gasteiger partial charge on any atom is -0.399 e. The van der Waals surface area contributed by atoms with Crippen molar-refractivity contribution < 1.29 is 9.84 Å². The average molecular weight is 236 g/mol. The molecule has 1 aromatic carbocycles. The van der Waals surface area contributed by atoms with Crippen LogP contribution in [-0.2, 0) is 4.74 Å². The molecule has 0 radical (unpaired) electrons. The van der Waals surface area contributed by atoms with Gasteiger partial charge in [0.05, 0.1) is 12.2 Å². The van der Waals surface area contributed by atoms with Gasteiger partial charge in [-0.3, -0.25) is 0 Å². The normalized spacial score (nSPS) is 21.6. The van der Waals surface area contributed by atoms with E-state index in [0.29, 0.717) is 18.3 Å². The summed E-state index contributed by atoms with van der Waals surface area (Å²) in [5, 5.41) is 13.2. The third-order valence-electron chi connectivity index (χ3n) is 3.03. The van der Waals surface area contributed by atoms with Crippen molar-refractivity contribution in [2.75, 3.05) is 25.4 Å². The van der Waals surface area contributed by atoms with Crippen LogP contribution in [0.25, 0.3) is 0 Å².